The molecule has 0 aliphatic carbocycles. The van der Waals surface area contributed by atoms with Gasteiger partial charge in [0.1, 0.15) is 5.82 Å². The first-order chi connectivity index (χ1) is 12.1. The Morgan fingerprint density at radius 1 is 1.32 bits per heavy atom. The van der Waals surface area contributed by atoms with E-state index in [1.165, 1.54) is 0 Å². The summed E-state index contributed by atoms with van der Waals surface area (Å²) in [6, 6.07) is 2.35. The second kappa shape index (κ2) is 6.15. The number of fused-ring (bicyclic) bond motifs is 2. The van der Waals surface area contributed by atoms with E-state index in [1.54, 1.807) is 12.3 Å². The second-order valence-corrected chi connectivity index (χ2v) is 7.01. The molecule has 25 heavy (non-hydrogen) atoms. The normalized spacial score (nSPS) is 18.2. The Labute approximate surface area is 147 Å². The number of pyridine rings is 1. The Hall–Kier alpha value is -2.41. The number of nitrogen functional groups attached to an aromatic ring is 1. The first-order valence-electron chi connectivity index (χ1n) is 8.82. The molecule has 7 heteroatoms. The van der Waals surface area contributed by atoms with E-state index in [4.69, 9.17) is 21.0 Å². The molecule has 132 valence electrons. The number of nitrogens with two attached hydrogens (primary N) is 1. The van der Waals surface area contributed by atoms with Crippen molar-refractivity contribution in [3.05, 3.63) is 35.3 Å². The SMILES string of the molecule is CC(C)n1cc2c(n1)CN(C1CCOCC1)c1nccc(N)c1C2=N. The molecule has 0 bridgehead atoms. The van der Waals surface area contributed by atoms with Gasteiger partial charge in [0.15, 0.2) is 0 Å². The quantitative estimate of drug-likeness (QED) is 0.875. The number of anilines is 2. The lowest BCUT2D eigenvalue weighted by Gasteiger charge is -2.35. The molecule has 0 atom stereocenters. The molecule has 4 heterocycles. The summed E-state index contributed by atoms with van der Waals surface area (Å²) < 4.78 is 7.46. The van der Waals surface area contributed by atoms with Crippen molar-refractivity contribution in [1.29, 1.82) is 5.41 Å². The Balaban J connectivity index is 1.86. The van der Waals surface area contributed by atoms with Gasteiger partial charge in [-0.05, 0) is 32.8 Å². The van der Waals surface area contributed by atoms with Gasteiger partial charge in [0.25, 0.3) is 0 Å². The van der Waals surface area contributed by atoms with Gasteiger partial charge in [0.05, 0.1) is 23.5 Å². The maximum Gasteiger partial charge on any atom is 0.140 e. The van der Waals surface area contributed by atoms with Crippen LogP contribution in [-0.4, -0.2) is 39.7 Å². The molecule has 0 amide bonds. The van der Waals surface area contributed by atoms with Crippen LogP contribution in [0.2, 0.25) is 0 Å². The average molecular weight is 340 g/mol. The van der Waals surface area contributed by atoms with Crippen LogP contribution in [0, 0.1) is 5.41 Å². The van der Waals surface area contributed by atoms with E-state index in [2.05, 4.69) is 23.7 Å². The molecule has 2 aromatic rings. The molecule has 0 unspecified atom stereocenters. The van der Waals surface area contributed by atoms with E-state index in [0.717, 1.165) is 48.7 Å². The van der Waals surface area contributed by atoms with Crippen molar-refractivity contribution < 1.29 is 4.74 Å². The molecule has 1 fully saturated rings. The fraction of sp³-hybridized carbons (Fsp3) is 0.500. The summed E-state index contributed by atoms with van der Waals surface area (Å²) >= 11 is 0. The van der Waals surface area contributed by atoms with Crippen LogP contribution in [0.5, 0.6) is 0 Å². The predicted octanol–water partition coefficient (Wildman–Crippen LogP) is 2.36. The lowest BCUT2D eigenvalue weighted by molar-refractivity contribution is 0.0839. The average Bonchev–Trinajstić information content (AvgIpc) is 2.99. The van der Waals surface area contributed by atoms with E-state index >= 15 is 0 Å². The van der Waals surface area contributed by atoms with Crippen molar-refractivity contribution in [3.8, 4) is 0 Å². The molecule has 1 saturated heterocycles. The van der Waals surface area contributed by atoms with Gasteiger partial charge >= 0.3 is 0 Å². The molecule has 3 N–H and O–H groups in total. The van der Waals surface area contributed by atoms with Crippen LogP contribution in [0.3, 0.4) is 0 Å². The topological polar surface area (TPSA) is 93.1 Å². The Kier molecular flexibility index (Phi) is 3.95. The number of hydrogen-bond acceptors (Lipinski definition) is 6. The van der Waals surface area contributed by atoms with Crippen molar-refractivity contribution in [2.75, 3.05) is 23.8 Å². The third-order valence-electron chi connectivity index (χ3n) is 5.04. The highest BCUT2D eigenvalue weighted by molar-refractivity contribution is 6.17. The molecule has 7 nitrogen and oxygen atoms in total. The summed E-state index contributed by atoms with van der Waals surface area (Å²) in [5.74, 6) is 0.797. The molecule has 2 aromatic heterocycles. The predicted molar refractivity (Wildman–Crippen MR) is 97.2 cm³/mol. The van der Waals surface area contributed by atoms with Gasteiger partial charge in [-0.2, -0.15) is 5.10 Å². The molecule has 0 aromatic carbocycles. The molecule has 4 rings (SSSR count). The summed E-state index contributed by atoms with van der Waals surface area (Å²) in [5.41, 5.74) is 9.75. The van der Waals surface area contributed by atoms with Crippen molar-refractivity contribution in [3.63, 3.8) is 0 Å². The van der Waals surface area contributed by atoms with Crippen LogP contribution < -0.4 is 10.6 Å². The monoisotopic (exact) mass is 340 g/mol. The van der Waals surface area contributed by atoms with Crippen molar-refractivity contribution in [2.24, 2.45) is 0 Å². The van der Waals surface area contributed by atoms with Crippen LogP contribution in [0.25, 0.3) is 0 Å². The molecule has 2 aliphatic heterocycles. The number of nitrogens with zero attached hydrogens (tertiary/aromatic N) is 4. The first-order valence-corrected chi connectivity index (χ1v) is 8.82. The van der Waals surface area contributed by atoms with Gasteiger partial charge in [-0.25, -0.2) is 4.98 Å². The molecule has 2 aliphatic rings. The van der Waals surface area contributed by atoms with Crippen molar-refractivity contribution in [2.45, 2.75) is 45.3 Å². The highest BCUT2D eigenvalue weighted by Gasteiger charge is 2.33. The molecule has 0 spiro atoms. The van der Waals surface area contributed by atoms with Gasteiger partial charge in [0.2, 0.25) is 0 Å². The Morgan fingerprint density at radius 3 is 2.80 bits per heavy atom. The van der Waals surface area contributed by atoms with Crippen LogP contribution in [0.15, 0.2) is 18.5 Å². The number of aromatic nitrogens is 3. The van der Waals surface area contributed by atoms with Gasteiger partial charge < -0.3 is 15.4 Å². The van der Waals surface area contributed by atoms with E-state index in [0.29, 0.717) is 24.0 Å². The number of rotatable bonds is 2. The zero-order valence-corrected chi connectivity index (χ0v) is 14.7. The zero-order chi connectivity index (χ0) is 17.6. The third-order valence-corrected chi connectivity index (χ3v) is 5.04. The summed E-state index contributed by atoms with van der Waals surface area (Å²) in [6.45, 7) is 6.34. The fourth-order valence-corrected chi connectivity index (χ4v) is 3.63. The lowest BCUT2D eigenvalue weighted by atomic mass is 10.0. The maximum absolute atomic E-state index is 8.77. The van der Waals surface area contributed by atoms with Gasteiger partial charge in [-0.1, -0.05) is 0 Å². The minimum atomic E-state index is 0.252. The highest BCUT2D eigenvalue weighted by atomic mass is 16.5. The summed E-state index contributed by atoms with van der Waals surface area (Å²) in [5, 5.41) is 13.5. The Bertz CT molecular complexity index is 806. The van der Waals surface area contributed by atoms with Gasteiger partial charge in [-0.3, -0.25) is 10.1 Å². The molecule has 0 saturated carbocycles. The van der Waals surface area contributed by atoms with Gasteiger partial charge in [-0.15, -0.1) is 0 Å². The van der Waals surface area contributed by atoms with E-state index in [9.17, 15) is 0 Å². The summed E-state index contributed by atoms with van der Waals surface area (Å²) in [6.07, 6.45) is 5.59. The third kappa shape index (κ3) is 2.68. The standard InChI is InChI=1S/C18H24N6O/c1-11(2)24-9-13-15(22-24)10-23(12-4-7-25-8-5-12)18-16(17(13)20)14(19)3-6-21-18/h3,6,9,11-12,20H,4-5,7-8,10H2,1-2H3,(H2,19,21). The molecular weight excluding hydrogens is 316 g/mol. The smallest absolute Gasteiger partial charge is 0.140 e. The van der Waals surface area contributed by atoms with Crippen LogP contribution in [0.1, 0.15) is 49.6 Å². The van der Waals surface area contributed by atoms with Crippen LogP contribution >= 0.6 is 0 Å². The van der Waals surface area contributed by atoms with Gasteiger partial charge in [0, 0.05) is 48.9 Å². The highest BCUT2D eigenvalue weighted by Crippen LogP contribution is 2.35. The number of ether oxygens (including phenoxy) is 1. The zero-order valence-electron chi connectivity index (χ0n) is 14.7. The minimum Gasteiger partial charge on any atom is -0.398 e. The maximum atomic E-state index is 8.77. The largest absolute Gasteiger partial charge is 0.398 e. The second-order valence-electron chi connectivity index (χ2n) is 7.01. The van der Waals surface area contributed by atoms with Crippen molar-refractivity contribution in [1.82, 2.24) is 14.8 Å². The first kappa shape index (κ1) is 16.1. The number of hydrogen-bond donors (Lipinski definition) is 2. The van der Waals surface area contributed by atoms with Crippen LogP contribution in [0.4, 0.5) is 11.5 Å². The Morgan fingerprint density at radius 2 is 2.08 bits per heavy atom. The molecular formula is C18H24N6O. The van der Waals surface area contributed by atoms with Crippen molar-refractivity contribution >= 4 is 17.2 Å². The van der Waals surface area contributed by atoms with E-state index in [-0.39, 0.29) is 6.04 Å². The summed E-state index contributed by atoms with van der Waals surface area (Å²) in [7, 11) is 0. The molecule has 0 radical (unpaired) electrons. The van der Waals surface area contributed by atoms with E-state index in [1.807, 2.05) is 10.9 Å². The van der Waals surface area contributed by atoms with Crippen LogP contribution in [-0.2, 0) is 11.3 Å². The number of nitrogens with one attached hydrogen (secondary N) is 1. The van der Waals surface area contributed by atoms with E-state index < -0.39 is 0 Å². The fourth-order valence-electron chi connectivity index (χ4n) is 3.63. The summed E-state index contributed by atoms with van der Waals surface area (Å²) in [4.78, 5) is 6.87. The lowest BCUT2D eigenvalue weighted by Crippen LogP contribution is -2.40. The minimum absolute atomic E-state index is 0.252.